The van der Waals surface area contributed by atoms with Gasteiger partial charge in [-0.05, 0) is 35.1 Å². The number of hydrogen-bond acceptors (Lipinski definition) is 3. The van der Waals surface area contributed by atoms with Crippen molar-refractivity contribution in [3.05, 3.63) is 59.7 Å². The van der Waals surface area contributed by atoms with Crippen molar-refractivity contribution >= 4 is 35.3 Å². The third-order valence-electron chi connectivity index (χ3n) is 5.03. The molecule has 1 atom stereocenters. The fourth-order valence-corrected chi connectivity index (χ4v) is 3.84. The Bertz CT molecular complexity index is 825. The average Bonchev–Trinajstić information content (AvgIpc) is 2.99. The second kappa shape index (κ2) is 8.84. The van der Waals surface area contributed by atoms with Crippen LogP contribution in [0.5, 0.6) is 0 Å². The van der Waals surface area contributed by atoms with E-state index in [2.05, 4.69) is 12.1 Å². The molecule has 0 unspecified atom stereocenters. The van der Waals surface area contributed by atoms with Gasteiger partial charge in [0, 0.05) is 13.0 Å². The minimum atomic E-state index is -1.12. The molecule has 0 saturated carbocycles. The van der Waals surface area contributed by atoms with Gasteiger partial charge in [-0.25, -0.2) is 9.59 Å². The molecule has 2 aromatic rings. The number of hydrogen-bond donors (Lipinski definition) is 1. The lowest BCUT2D eigenvalue weighted by Crippen LogP contribution is -2.43. The van der Waals surface area contributed by atoms with Crippen molar-refractivity contribution in [2.45, 2.75) is 29.6 Å². The van der Waals surface area contributed by atoms with Gasteiger partial charge >= 0.3 is 12.1 Å². The summed E-state index contributed by atoms with van der Waals surface area (Å²) in [5.74, 6) is -1.20. The normalized spacial score (nSPS) is 13.7. The summed E-state index contributed by atoms with van der Waals surface area (Å²) in [6.45, 7) is 0.136. The fourth-order valence-electron chi connectivity index (χ4n) is 3.59. The molecular formula is C21H21Cl2NO4. The van der Waals surface area contributed by atoms with Gasteiger partial charge in [-0.3, -0.25) is 4.90 Å². The Morgan fingerprint density at radius 3 is 2.07 bits per heavy atom. The van der Waals surface area contributed by atoms with E-state index in [1.54, 1.807) is 0 Å². The lowest BCUT2D eigenvalue weighted by Gasteiger charge is -2.25. The zero-order valence-corrected chi connectivity index (χ0v) is 16.9. The standard InChI is InChI=1S/C21H21Cl2NO4/c1-24(18(20(25)26)10-11-19(22)23)21(27)28-12-17-15-8-4-2-6-13(15)14-7-3-5-9-16(14)17/h2-9,17-19H,10-12H2,1H3,(H,25,26)/t18-/m0/s1. The molecule has 0 bridgehead atoms. The molecular weight excluding hydrogens is 401 g/mol. The first-order valence-corrected chi connectivity index (χ1v) is 9.86. The van der Waals surface area contributed by atoms with Gasteiger partial charge < -0.3 is 9.84 Å². The number of carbonyl (C=O) groups excluding carboxylic acids is 1. The van der Waals surface area contributed by atoms with Gasteiger partial charge in [-0.1, -0.05) is 48.5 Å². The summed E-state index contributed by atoms with van der Waals surface area (Å²) in [6, 6.07) is 15.0. The third kappa shape index (κ3) is 4.26. The Morgan fingerprint density at radius 2 is 1.57 bits per heavy atom. The molecule has 2 aromatic carbocycles. The van der Waals surface area contributed by atoms with Crippen LogP contribution < -0.4 is 0 Å². The number of fused-ring (bicyclic) bond motifs is 3. The van der Waals surface area contributed by atoms with E-state index in [9.17, 15) is 14.7 Å². The quantitative estimate of drug-likeness (QED) is 0.645. The van der Waals surface area contributed by atoms with Crippen LogP contribution >= 0.6 is 23.2 Å². The van der Waals surface area contributed by atoms with E-state index in [4.69, 9.17) is 27.9 Å². The minimum absolute atomic E-state index is 0.0805. The van der Waals surface area contributed by atoms with Crippen LogP contribution in [0.25, 0.3) is 11.1 Å². The number of nitrogens with zero attached hydrogens (tertiary/aromatic N) is 1. The van der Waals surface area contributed by atoms with Crippen molar-refractivity contribution in [2.75, 3.05) is 13.7 Å². The van der Waals surface area contributed by atoms with Crippen molar-refractivity contribution in [3.8, 4) is 11.1 Å². The van der Waals surface area contributed by atoms with Crippen molar-refractivity contribution < 1.29 is 19.4 Å². The molecule has 0 aromatic heterocycles. The maximum Gasteiger partial charge on any atom is 0.410 e. The second-order valence-corrected chi connectivity index (χ2v) is 8.01. The van der Waals surface area contributed by atoms with Crippen LogP contribution in [0.4, 0.5) is 4.79 Å². The van der Waals surface area contributed by atoms with E-state index in [0.717, 1.165) is 27.2 Å². The number of amides is 1. The van der Waals surface area contributed by atoms with Crippen molar-refractivity contribution in [3.63, 3.8) is 0 Å². The molecule has 28 heavy (non-hydrogen) atoms. The first kappa shape index (κ1) is 20.5. The van der Waals surface area contributed by atoms with Crippen molar-refractivity contribution in [1.29, 1.82) is 0 Å². The molecule has 0 spiro atoms. The van der Waals surface area contributed by atoms with E-state index in [1.807, 2.05) is 36.4 Å². The van der Waals surface area contributed by atoms with Crippen molar-refractivity contribution in [1.82, 2.24) is 4.90 Å². The number of benzene rings is 2. The van der Waals surface area contributed by atoms with Crippen LogP contribution in [0.2, 0.25) is 0 Å². The number of carboxylic acid groups (broad SMARTS) is 1. The number of rotatable bonds is 7. The summed E-state index contributed by atoms with van der Waals surface area (Å²) in [6.07, 6.45) is -0.274. The molecule has 5 nitrogen and oxygen atoms in total. The molecule has 148 valence electrons. The number of carboxylic acids is 1. The summed E-state index contributed by atoms with van der Waals surface area (Å²) in [4.78, 5) is 24.4. The van der Waals surface area contributed by atoms with Crippen LogP contribution in [-0.4, -0.2) is 46.6 Å². The summed E-state index contributed by atoms with van der Waals surface area (Å²) < 4.78 is 5.50. The highest BCUT2D eigenvalue weighted by Crippen LogP contribution is 2.44. The van der Waals surface area contributed by atoms with Gasteiger partial charge in [-0.2, -0.15) is 0 Å². The summed E-state index contributed by atoms with van der Waals surface area (Å²) >= 11 is 11.4. The van der Waals surface area contributed by atoms with E-state index in [-0.39, 0.29) is 25.4 Å². The topological polar surface area (TPSA) is 66.8 Å². The van der Waals surface area contributed by atoms with Gasteiger partial charge in [0.05, 0.1) is 0 Å². The van der Waals surface area contributed by atoms with Gasteiger partial charge in [0.25, 0.3) is 0 Å². The summed E-state index contributed by atoms with van der Waals surface area (Å²) in [5.41, 5.74) is 4.46. The fraction of sp³-hybridized carbons (Fsp3) is 0.333. The van der Waals surface area contributed by atoms with Gasteiger partial charge in [-0.15, -0.1) is 23.2 Å². The Balaban J connectivity index is 1.71. The lowest BCUT2D eigenvalue weighted by atomic mass is 9.98. The van der Waals surface area contributed by atoms with E-state index >= 15 is 0 Å². The molecule has 1 aliphatic rings. The predicted octanol–water partition coefficient (Wildman–Crippen LogP) is 4.90. The molecule has 0 aliphatic heterocycles. The first-order valence-electron chi connectivity index (χ1n) is 8.99. The number of aliphatic carboxylic acids is 1. The van der Waals surface area contributed by atoms with Crippen LogP contribution in [-0.2, 0) is 9.53 Å². The molecule has 3 rings (SSSR count). The maximum atomic E-state index is 12.5. The van der Waals surface area contributed by atoms with Crippen LogP contribution in [0, 0.1) is 0 Å². The highest BCUT2D eigenvalue weighted by atomic mass is 35.5. The van der Waals surface area contributed by atoms with E-state index in [0.29, 0.717) is 0 Å². The number of halogens is 2. The molecule has 7 heteroatoms. The SMILES string of the molecule is CN(C(=O)OCC1c2ccccc2-c2ccccc21)[C@@H](CCC(Cl)Cl)C(=O)O. The number of ether oxygens (including phenoxy) is 1. The van der Waals surface area contributed by atoms with Crippen LogP contribution in [0.15, 0.2) is 48.5 Å². The predicted molar refractivity (Wildman–Crippen MR) is 109 cm³/mol. The zero-order chi connectivity index (χ0) is 20.3. The zero-order valence-electron chi connectivity index (χ0n) is 15.3. The molecule has 0 fully saturated rings. The maximum absolute atomic E-state index is 12.5. The highest BCUT2D eigenvalue weighted by Gasteiger charge is 2.31. The molecule has 0 saturated heterocycles. The monoisotopic (exact) mass is 421 g/mol. The third-order valence-corrected chi connectivity index (χ3v) is 5.47. The molecule has 1 aliphatic carbocycles. The number of likely N-dealkylation sites (N-methyl/N-ethyl adjacent to an activating group) is 1. The average molecular weight is 422 g/mol. The second-order valence-electron chi connectivity index (χ2n) is 6.74. The van der Waals surface area contributed by atoms with Crippen LogP contribution in [0.3, 0.4) is 0 Å². The first-order chi connectivity index (χ1) is 13.4. The molecule has 0 heterocycles. The summed E-state index contributed by atoms with van der Waals surface area (Å²) in [5, 5.41) is 9.41. The Labute approximate surface area is 173 Å². The minimum Gasteiger partial charge on any atom is -0.480 e. The highest BCUT2D eigenvalue weighted by molar-refractivity contribution is 6.44. The van der Waals surface area contributed by atoms with Gasteiger partial charge in [0.1, 0.15) is 17.5 Å². The van der Waals surface area contributed by atoms with Gasteiger partial charge in [0.15, 0.2) is 0 Å². The van der Waals surface area contributed by atoms with E-state index in [1.165, 1.54) is 7.05 Å². The Kier molecular flexibility index (Phi) is 6.47. The Hall–Kier alpha value is -2.24. The lowest BCUT2D eigenvalue weighted by molar-refractivity contribution is -0.142. The van der Waals surface area contributed by atoms with Gasteiger partial charge in [0.2, 0.25) is 0 Å². The molecule has 1 N–H and O–H groups in total. The largest absolute Gasteiger partial charge is 0.480 e. The molecule has 1 amide bonds. The smallest absolute Gasteiger partial charge is 0.410 e. The Morgan fingerprint density at radius 1 is 1.04 bits per heavy atom. The van der Waals surface area contributed by atoms with Crippen molar-refractivity contribution in [2.24, 2.45) is 0 Å². The number of alkyl halides is 2. The summed E-state index contributed by atoms with van der Waals surface area (Å²) in [7, 11) is 1.41. The molecule has 0 radical (unpaired) electrons. The van der Waals surface area contributed by atoms with Crippen LogP contribution in [0.1, 0.15) is 29.9 Å². The number of carbonyl (C=O) groups is 2. The van der Waals surface area contributed by atoms with E-state index < -0.39 is 22.9 Å².